The van der Waals surface area contributed by atoms with Crippen molar-refractivity contribution in [2.75, 3.05) is 5.32 Å². The lowest BCUT2D eigenvalue weighted by Crippen LogP contribution is -2.36. The fourth-order valence-electron chi connectivity index (χ4n) is 2.69. The minimum Gasteiger partial charge on any atom is -0.481 e. The van der Waals surface area contributed by atoms with E-state index in [1.165, 1.54) is 12.1 Å². The van der Waals surface area contributed by atoms with Crippen molar-refractivity contribution in [2.24, 2.45) is 17.6 Å². The smallest absolute Gasteiger partial charge is 0.307 e. The van der Waals surface area contributed by atoms with Gasteiger partial charge in [-0.1, -0.05) is 12.8 Å². The van der Waals surface area contributed by atoms with Crippen LogP contribution in [0.15, 0.2) is 24.3 Å². The molecule has 4 N–H and O–H groups in total. The molecule has 0 radical (unpaired) electrons. The van der Waals surface area contributed by atoms with Gasteiger partial charge in [-0.2, -0.15) is 0 Å². The normalized spacial score (nSPS) is 21.5. The molecule has 2 amide bonds. The first-order valence-corrected chi connectivity index (χ1v) is 6.92. The van der Waals surface area contributed by atoms with Gasteiger partial charge < -0.3 is 16.2 Å². The predicted molar refractivity (Wildman–Crippen MR) is 76.7 cm³/mol. The Balaban J connectivity index is 2.05. The number of nitrogens with two attached hydrogens (primary N) is 1. The molecule has 0 aromatic heterocycles. The van der Waals surface area contributed by atoms with Gasteiger partial charge in [0.25, 0.3) is 0 Å². The molecule has 112 valence electrons. The van der Waals surface area contributed by atoms with Crippen LogP contribution < -0.4 is 11.1 Å². The summed E-state index contributed by atoms with van der Waals surface area (Å²) in [6.45, 7) is 0. The second kappa shape index (κ2) is 6.39. The number of anilines is 1. The Bertz CT molecular complexity index is 553. The molecule has 1 aromatic rings. The molecule has 0 bridgehead atoms. The highest BCUT2D eigenvalue weighted by Crippen LogP contribution is 2.31. The van der Waals surface area contributed by atoms with Crippen LogP contribution in [0.25, 0.3) is 0 Å². The van der Waals surface area contributed by atoms with Crippen molar-refractivity contribution in [2.45, 2.75) is 25.7 Å². The number of carbonyl (C=O) groups excluding carboxylic acids is 2. The summed E-state index contributed by atoms with van der Waals surface area (Å²) in [7, 11) is 0. The predicted octanol–water partition coefficient (Wildman–Crippen LogP) is 1.61. The molecule has 0 aliphatic heterocycles. The summed E-state index contributed by atoms with van der Waals surface area (Å²) in [5, 5.41) is 11.9. The Morgan fingerprint density at radius 3 is 2.14 bits per heavy atom. The van der Waals surface area contributed by atoms with Crippen LogP contribution in [-0.2, 0) is 9.59 Å². The molecule has 2 atom stereocenters. The van der Waals surface area contributed by atoms with E-state index in [0.29, 0.717) is 24.1 Å². The second-order valence-electron chi connectivity index (χ2n) is 5.27. The van der Waals surface area contributed by atoms with Gasteiger partial charge in [0.1, 0.15) is 0 Å². The van der Waals surface area contributed by atoms with E-state index in [9.17, 15) is 19.5 Å². The Morgan fingerprint density at radius 2 is 1.62 bits per heavy atom. The molecule has 1 aliphatic rings. The molecule has 1 aliphatic carbocycles. The highest BCUT2D eigenvalue weighted by atomic mass is 16.4. The van der Waals surface area contributed by atoms with Crippen molar-refractivity contribution in [1.29, 1.82) is 0 Å². The molecule has 0 heterocycles. The quantitative estimate of drug-likeness (QED) is 0.782. The second-order valence-corrected chi connectivity index (χ2v) is 5.27. The van der Waals surface area contributed by atoms with Gasteiger partial charge in [0.05, 0.1) is 11.8 Å². The lowest BCUT2D eigenvalue weighted by atomic mass is 9.78. The van der Waals surface area contributed by atoms with E-state index in [0.717, 1.165) is 12.8 Å². The fraction of sp³-hybridized carbons (Fsp3) is 0.400. The van der Waals surface area contributed by atoms with E-state index < -0.39 is 23.7 Å². The first-order valence-electron chi connectivity index (χ1n) is 6.92. The van der Waals surface area contributed by atoms with E-state index in [-0.39, 0.29) is 5.91 Å². The van der Waals surface area contributed by atoms with Gasteiger partial charge in [0, 0.05) is 11.3 Å². The number of hydrogen-bond acceptors (Lipinski definition) is 3. The average Bonchev–Trinajstić information content (AvgIpc) is 2.47. The number of carboxylic acids is 1. The number of carbonyl (C=O) groups is 3. The summed E-state index contributed by atoms with van der Waals surface area (Å²) in [5.41, 5.74) is 6.03. The number of amides is 2. The number of carboxylic acid groups (broad SMARTS) is 1. The molecule has 0 saturated heterocycles. The van der Waals surface area contributed by atoms with Crippen LogP contribution >= 0.6 is 0 Å². The third kappa shape index (κ3) is 3.59. The number of nitrogens with one attached hydrogen (secondary N) is 1. The van der Waals surface area contributed by atoms with Crippen LogP contribution in [0.1, 0.15) is 36.0 Å². The van der Waals surface area contributed by atoms with Gasteiger partial charge in [-0.15, -0.1) is 0 Å². The van der Waals surface area contributed by atoms with Gasteiger partial charge in [0.15, 0.2) is 0 Å². The molecule has 6 heteroatoms. The van der Waals surface area contributed by atoms with Crippen molar-refractivity contribution < 1.29 is 19.5 Å². The first kappa shape index (κ1) is 15.0. The summed E-state index contributed by atoms with van der Waals surface area (Å²) >= 11 is 0. The summed E-state index contributed by atoms with van der Waals surface area (Å²) in [5.74, 6) is -2.87. The van der Waals surface area contributed by atoms with Crippen molar-refractivity contribution in [3.05, 3.63) is 29.8 Å². The summed E-state index contributed by atoms with van der Waals surface area (Å²) in [6, 6.07) is 6.20. The molecule has 21 heavy (non-hydrogen) atoms. The molecule has 1 saturated carbocycles. The third-order valence-electron chi connectivity index (χ3n) is 3.86. The number of benzene rings is 1. The van der Waals surface area contributed by atoms with E-state index >= 15 is 0 Å². The van der Waals surface area contributed by atoms with Crippen molar-refractivity contribution in [3.63, 3.8) is 0 Å². The molecule has 0 unspecified atom stereocenters. The van der Waals surface area contributed by atoms with Gasteiger partial charge in [-0.25, -0.2) is 0 Å². The van der Waals surface area contributed by atoms with E-state index in [4.69, 9.17) is 5.73 Å². The SMILES string of the molecule is NC(=O)c1ccc(NC(=O)[C@H]2CCCC[C@@H]2C(=O)O)cc1. The van der Waals surface area contributed by atoms with Crippen molar-refractivity contribution in [1.82, 2.24) is 0 Å². The number of rotatable bonds is 4. The summed E-state index contributed by atoms with van der Waals surface area (Å²) < 4.78 is 0. The van der Waals surface area contributed by atoms with Crippen LogP contribution in [-0.4, -0.2) is 22.9 Å². The van der Waals surface area contributed by atoms with E-state index in [2.05, 4.69) is 5.32 Å². The lowest BCUT2D eigenvalue weighted by molar-refractivity contribution is -0.147. The first-order chi connectivity index (χ1) is 9.99. The van der Waals surface area contributed by atoms with Gasteiger partial charge in [0.2, 0.25) is 11.8 Å². The maximum absolute atomic E-state index is 12.2. The maximum Gasteiger partial charge on any atom is 0.307 e. The largest absolute Gasteiger partial charge is 0.481 e. The maximum atomic E-state index is 12.2. The minimum atomic E-state index is -0.918. The van der Waals surface area contributed by atoms with Crippen molar-refractivity contribution in [3.8, 4) is 0 Å². The minimum absolute atomic E-state index is 0.283. The monoisotopic (exact) mass is 290 g/mol. The van der Waals surface area contributed by atoms with Gasteiger partial charge in [-0.05, 0) is 37.1 Å². The number of aliphatic carboxylic acids is 1. The molecule has 1 aromatic carbocycles. The lowest BCUT2D eigenvalue weighted by Gasteiger charge is -2.27. The van der Waals surface area contributed by atoms with E-state index in [1.807, 2.05) is 0 Å². The molecule has 0 spiro atoms. The topological polar surface area (TPSA) is 109 Å². The Kier molecular flexibility index (Phi) is 4.57. The standard InChI is InChI=1S/C15H18N2O4/c16-13(18)9-5-7-10(8-6-9)17-14(19)11-3-1-2-4-12(11)15(20)21/h5-8,11-12H,1-4H2,(H2,16,18)(H,17,19)(H,20,21)/t11-,12-/m0/s1. The zero-order valence-corrected chi connectivity index (χ0v) is 11.5. The van der Waals surface area contributed by atoms with Crippen LogP contribution in [0.5, 0.6) is 0 Å². The Labute approximate surface area is 122 Å². The molecular weight excluding hydrogens is 272 g/mol. The van der Waals surface area contributed by atoms with Crippen LogP contribution in [0.2, 0.25) is 0 Å². The average molecular weight is 290 g/mol. The number of primary amides is 1. The highest BCUT2D eigenvalue weighted by Gasteiger charge is 2.35. The Morgan fingerprint density at radius 1 is 1.05 bits per heavy atom. The van der Waals surface area contributed by atoms with Crippen molar-refractivity contribution >= 4 is 23.5 Å². The Hall–Kier alpha value is -2.37. The van der Waals surface area contributed by atoms with Crippen LogP contribution in [0, 0.1) is 11.8 Å². The summed E-state index contributed by atoms with van der Waals surface area (Å²) in [6.07, 6.45) is 2.83. The molecule has 2 rings (SSSR count). The zero-order valence-electron chi connectivity index (χ0n) is 11.5. The number of hydrogen-bond donors (Lipinski definition) is 3. The van der Waals surface area contributed by atoms with Gasteiger partial charge in [-0.3, -0.25) is 14.4 Å². The zero-order chi connectivity index (χ0) is 15.4. The molecule has 6 nitrogen and oxygen atoms in total. The highest BCUT2D eigenvalue weighted by molar-refractivity contribution is 5.96. The fourth-order valence-corrected chi connectivity index (χ4v) is 2.69. The van der Waals surface area contributed by atoms with Gasteiger partial charge >= 0.3 is 5.97 Å². The van der Waals surface area contributed by atoms with Crippen LogP contribution in [0.3, 0.4) is 0 Å². The third-order valence-corrected chi connectivity index (χ3v) is 3.86. The van der Waals surface area contributed by atoms with Crippen LogP contribution in [0.4, 0.5) is 5.69 Å². The molecular formula is C15H18N2O4. The molecule has 1 fully saturated rings. The summed E-state index contributed by atoms with van der Waals surface area (Å²) in [4.78, 5) is 34.4. The van der Waals surface area contributed by atoms with E-state index in [1.54, 1.807) is 12.1 Å².